The zero-order chi connectivity index (χ0) is 21.3. The number of rotatable bonds is 5. The minimum atomic E-state index is -0.230. The number of hydrogen-bond acceptors (Lipinski definition) is 4. The molecule has 0 radical (unpaired) electrons. The second-order valence-corrected chi connectivity index (χ2v) is 9.34. The first-order chi connectivity index (χ1) is 14.5. The van der Waals surface area contributed by atoms with E-state index in [1.165, 1.54) is 16.0 Å². The van der Waals surface area contributed by atoms with Crippen molar-refractivity contribution in [2.24, 2.45) is 5.92 Å². The molecule has 0 bridgehead atoms. The van der Waals surface area contributed by atoms with Gasteiger partial charge in [0.15, 0.2) is 0 Å². The van der Waals surface area contributed by atoms with Gasteiger partial charge >= 0.3 is 5.97 Å². The summed E-state index contributed by atoms with van der Waals surface area (Å²) in [6.45, 7) is 8.12. The number of carbonyl (C=O) groups is 2. The standard InChI is InChI=1S/C24H28N2O3S/c1-4-29-24(28)19-6-5-11-25(15-19)23(27)21-13-22-20(12-17(3)30-22)26(21)14-18-9-7-16(2)8-10-18/h7-10,12-13,19H,4-6,11,14-15H2,1-3H3. The second-order valence-electron chi connectivity index (χ2n) is 8.05. The van der Waals surface area contributed by atoms with Gasteiger partial charge < -0.3 is 14.2 Å². The number of nitrogens with zero attached hydrogens (tertiary/aromatic N) is 2. The van der Waals surface area contributed by atoms with Crippen molar-refractivity contribution in [3.63, 3.8) is 0 Å². The highest BCUT2D eigenvalue weighted by Gasteiger charge is 2.31. The predicted octanol–water partition coefficient (Wildman–Crippen LogP) is 4.78. The van der Waals surface area contributed by atoms with E-state index in [9.17, 15) is 9.59 Å². The van der Waals surface area contributed by atoms with Crippen molar-refractivity contribution in [2.75, 3.05) is 19.7 Å². The van der Waals surface area contributed by atoms with Gasteiger partial charge in [0.2, 0.25) is 0 Å². The van der Waals surface area contributed by atoms with Crippen molar-refractivity contribution in [2.45, 2.75) is 40.2 Å². The van der Waals surface area contributed by atoms with Crippen LogP contribution in [-0.2, 0) is 16.1 Å². The third-order valence-electron chi connectivity index (χ3n) is 5.72. The van der Waals surface area contributed by atoms with Crippen molar-refractivity contribution in [3.05, 3.63) is 58.1 Å². The second kappa shape index (κ2) is 8.64. The number of aryl methyl sites for hydroxylation is 2. The Labute approximate surface area is 181 Å². The summed E-state index contributed by atoms with van der Waals surface area (Å²) < 4.78 is 8.45. The van der Waals surface area contributed by atoms with Gasteiger partial charge in [-0.1, -0.05) is 29.8 Å². The quantitative estimate of drug-likeness (QED) is 0.554. The maximum absolute atomic E-state index is 13.5. The van der Waals surface area contributed by atoms with Crippen LogP contribution in [-0.4, -0.2) is 41.0 Å². The fourth-order valence-electron chi connectivity index (χ4n) is 4.16. The van der Waals surface area contributed by atoms with Crippen molar-refractivity contribution in [3.8, 4) is 0 Å². The molecular weight excluding hydrogens is 396 g/mol. The fourth-order valence-corrected chi connectivity index (χ4v) is 5.13. The monoisotopic (exact) mass is 424 g/mol. The van der Waals surface area contributed by atoms with Crippen LogP contribution < -0.4 is 0 Å². The van der Waals surface area contributed by atoms with E-state index in [1.54, 1.807) is 11.3 Å². The van der Waals surface area contributed by atoms with Gasteiger partial charge in [0.05, 0.1) is 22.7 Å². The van der Waals surface area contributed by atoms with Crippen LogP contribution in [0.2, 0.25) is 0 Å². The molecule has 2 aromatic heterocycles. The Balaban J connectivity index is 1.64. The van der Waals surface area contributed by atoms with Crippen LogP contribution in [0.25, 0.3) is 10.2 Å². The van der Waals surface area contributed by atoms with Crippen LogP contribution in [0.5, 0.6) is 0 Å². The maximum atomic E-state index is 13.5. The molecule has 1 aromatic carbocycles. The number of esters is 1. The Kier molecular flexibility index (Phi) is 5.95. The lowest BCUT2D eigenvalue weighted by Gasteiger charge is -2.31. The minimum absolute atomic E-state index is 0.00263. The molecular formula is C24H28N2O3S. The summed E-state index contributed by atoms with van der Waals surface area (Å²) in [6.07, 6.45) is 1.60. The molecule has 4 rings (SSSR count). The summed E-state index contributed by atoms with van der Waals surface area (Å²) in [5.41, 5.74) is 4.18. The number of benzene rings is 1. The zero-order valence-electron chi connectivity index (χ0n) is 17.8. The smallest absolute Gasteiger partial charge is 0.310 e. The predicted molar refractivity (Wildman–Crippen MR) is 120 cm³/mol. The molecule has 1 unspecified atom stereocenters. The third-order valence-corrected chi connectivity index (χ3v) is 6.71. The van der Waals surface area contributed by atoms with Crippen LogP contribution in [0.15, 0.2) is 36.4 Å². The lowest BCUT2D eigenvalue weighted by Crippen LogP contribution is -2.43. The molecule has 0 N–H and O–H groups in total. The molecule has 5 nitrogen and oxygen atoms in total. The molecule has 1 saturated heterocycles. The summed E-state index contributed by atoms with van der Waals surface area (Å²) in [6, 6.07) is 12.6. The van der Waals surface area contributed by atoms with Gasteiger partial charge in [0, 0.05) is 24.5 Å². The third kappa shape index (κ3) is 4.15. The van der Waals surface area contributed by atoms with Crippen molar-refractivity contribution in [1.82, 2.24) is 9.47 Å². The molecule has 1 fully saturated rings. The summed E-state index contributed by atoms with van der Waals surface area (Å²) in [4.78, 5) is 28.8. The SMILES string of the molecule is CCOC(=O)C1CCCN(C(=O)c2cc3sc(C)cc3n2Cc2ccc(C)cc2)C1. The van der Waals surface area contributed by atoms with Gasteiger partial charge in [-0.2, -0.15) is 0 Å². The molecule has 1 atom stereocenters. The van der Waals surface area contributed by atoms with Gasteiger partial charge in [-0.05, 0) is 51.3 Å². The molecule has 3 aromatic rings. The number of carbonyl (C=O) groups excluding carboxylic acids is 2. The lowest BCUT2D eigenvalue weighted by atomic mass is 9.98. The van der Waals surface area contributed by atoms with Gasteiger partial charge in [0.25, 0.3) is 5.91 Å². The van der Waals surface area contributed by atoms with E-state index in [0.717, 1.165) is 23.1 Å². The molecule has 3 heterocycles. The average molecular weight is 425 g/mol. The van der Waals surface area contributed by atoms with Gasteiger partial charge in [0.1, 0.15) is 5.69 Å². The van der Waals surface area contributed by atoms with E-state index in [4.69, 9.17) is 4.74 Å². The average Bonchev–Trinajstić information content (AvgIpc) is 3.26. The summed E-state index contributed by atoms with van der Waals surface area (Å²) in [5.74, 6) is -0.426. The molecule has 30 heavy (non-hydrogen) atoms. The number of aromatic nitrogens is 1. The molecule has 0 spiro atoms. The summed E-state index contributed by atoms with van der Waals surface area (Å²) in [5, 5.41) is 0. The van der Waals surface area contributed by atoms with E-state index >= 15 is 0 Å². The van der Waals surface area contributed by atoms with Crippen LogP contribution in [0.1, 0.15) is 46.3 Å². The van der Waals surface area contributed by atoms with E-state index in [0.29, 0.717) is 31.9 Å². The Bertz CT molecular complexity index is 1060. The number of hydrogen-bond donors (Lipinski definition) is 0. The first-order valence-corrected chi connectivity index (χ1v) is 11.4. The van der Waals surface area contributed by atoms with Crippen molar-refractivity contribution < 1.29 is 14.3 Å². The molecule has 1 aliphatic heterocycles. The Morgan fingerprint density at radius 3 is 2.67 bits per heavy atom. The number of piperidine rings is 1. The topological polar surface area (TPSA) is 51.5 Å². The normalized spacial score (nSPS) is 16.8. The Morgan fingerprint density at radius 1 is 1.17 bits per heavy atom. The van der Waals surface area contributed by atoms with Crippen molar-refractivity contribution >= 4 is 33.4 Å². The van der Waals surface area contributed by atoms with Crippen LogP contribution >= 0.6 is 11.3 Å². The summed E-state index contributed by atoms with van der Waals surface area (Å²) >= 11 is 1.71. The van der Waals surface area contributed by atoms with Crippen molar-refractivity contribution in [1.29, 1.82) is 0 Å². The van der Waals surface area contributed by atoms with Crippen LogP contribution in [0.3, 0.4) is 0 Å². The van der Waals surface area contributed by atoms with E-state index in [2.05, 4.69) is 48.7 Å². The van der Waals surface area contributed by atoms with Gasteiger partial charge in [-0.15, -0.1) is 11.3 Å². The highest BCUT2D eigenvalue weighted by Crippen LogP contribution is 2.31. The van der Waals surface area contributed by atoms with E-state index < -0.39 is 0 Å². The first-order valence-electron chi connectivity index (χ1n) is 10.6. The zero-order valence-corrected chi connectivity index (χ0v) is 18.6. The number of ether oxygens (including phenoxy) is 1. The fraction of sp³-hybridized carbons (Fsp3) is 0.417. The highest BCUT2D eigenvalue weighted by molar-refractivity contribution is 7.19. The van der Waals surface area contributed by atoms with Gasteiger partial charge in [-0.3, -0.25) is 9.59 Å². The van der Waals surface area contributed by atoms with E-state index in [1.807, 2.05) is 17.9 Å². The Hall–Kier alpha value is -2.60. The first kappa shape index (κ1) is 20.7. The molecule has 0 aliphatic carbocycles. The number of fused-ring (bicyclic) bond motifs is 1. The lowest BCUT2D eigenvalue weighted by molar-refractivity contribution is -0.149. The maximum Gasteiger partial charge on any atom is 0.310 e. The summed E-state index contributed by atoms with van der Waals surface area (Å²) in [7, 11) is 0. The van der Waals surface area contributed by atoms with Crippen LogP contribution in [0, 0.1) is 19.8 Å². The minimum Gasteiger partial charge on any atom is -0.466 e. The van der Waals surface area contributed by atoms with Gasteiger partial charge in [-0.25, -0.2) is 0 Å². The molecule has 6 heteroatoms. The molecule has 158 valence electrons. The number of thiophene rings is 1. The molecule has 0 saturated carbocycles. The van der Waals surface area contributed by atoms with E-state index in [-0.39, 0.29) is 17.8 Å². The van der Waals surface area contributed by atoms with Crippen LogP contribution in [0.4, 0.5) is 0 Å². The molecule has 1 amide bonds. The number of amides is 1. The molecule has 1 aliphatic rings. The Morgan fingerprint density at radius 2 is 1.93 bits per heavy atom. The number of likely N-dealkylation sites (tertiary alicyclic amines) is 1. The largest absolute Gasteiger partial charge is 0.466 e. The highest BCUT2D eigenvalue weighted by atomic mass is 32.1.